The Kier molecular flexibility index (Phi) is 5.19. The highest BCUT2D eigenvalue weighted by Gasteiger charge is 2.30. The van der Waals surface area contributed by atoms with Gasteiger partial charge >= 0.3 is 6.18 Å². The van der Waals surface area contributed by atoms with Crippen molar-refractivity contribution >= 4 is 16.8 Å². The number of alkyl halides is 3. The Bertz CT molecular complexity index is 876. The molecule has 128 valence electrons. The minimum Gasteiger partial charge on any atom is -0.309 e. The third-order valence-corrected chi connectivity index (χ3v) is 3.98. The van der Waals surface area contributed by atoms with Crippen LogP contribution in [0.15, 0.2) is 72.8 Å². The summed E-state index contributed by atoms with van der Waals surface area (Å²) in [7, 11) is 0. The van der Waals surface area contributed by atoms with E-state index in [1.54, 1.807) is 12.1 Å². The number of halogens is 3. The van der Waals surface area contributed by atoms with E-state index in [4.69, 9.17) is 0 Å². The summed E-state index contributed by atoms with van der Waals surface area (Å²) >= 11 is 0. The second-order valence-corrected chi connectivity index (χ2v) is 5.79. The van der Waals surface area contributed by atoms with Gasteiger partial charge in [-0.1, -0.05) is 66.7 Å². The monoisotopic (exact) mass is 341 g/mol. The van der Waals surface area contributed by atoms with Crippen LogP contribution in [0, 0.1) is 0 Å². The molecule has 0 aliphatic heterocycles. The molecule has 0 aliphatic rings. The van der Waals surface area contributed by atoms with Gasteiger partial charge in [-0.3, -0.25) is 0 Å². The van der Waals surface area contributed by atoms with Gasteiger partial charge in [-0.05, 0) is 34.0 Å². The summed E-state index contributed by atoms with van der Waals surface area (Å²) in [5.74, 6) is 0. The van der Waals surface area contributed by atoms with Crippen molar-refractivity contribution in [3.05, 3.63) is 89.5 Å². The lowest BCUT2D eigenvalue weighted by molar-refractivity contribution is -0.137. The largest absolute Gasteiger partial charge is 0.416 e. The van der Waals surface area contributed by atoms with Gasteiger partial charge in [0.25, 0.3) is 0 Å². The van der Waals surface area contributed by atoms with Crippen LogP contribution in [-0.4, -0.2) is 6.54 Å². The van der Waals surface area contributed by atoms with E-state index in [1.165, 1.54) is 22.4 Å². The smallest absolute Gasteiger partial charge is 0.309 e. The van der Waals surface area contributed by atoms with Crippen LogP contribution in [0.3, 0.4) is 0 Å². The fourth-order valence-electron chi connectivity index (χ4n) is 2.75. The number of nitrogens with one attached hydrogen (secondary N) is 1. The summed E-state index contributed by atoms with van der Waals surface area (Å²) in [6.45, 7) is 1.29. The lowest BCUT2D eigenvalue weighted by Crippen LogP contribution is -2.13. The fraction of sp³-hybridized carbons (Fsp3) is 0.143. The summed E-state index contributed by atoms with van der Waals surface area (Å²) in [6, 6.07) is 19.7. The second-order valence-electron chi connectivity index (χ2n) is 5.79. The molecule has 0 amide bonds. The summed E-state index contributed by atoms with van der Waals surface area (Å²) in [5.41, 5.74) is 1.12. The molecule has 0 bridgehead atoms. The van der Waals surface area contributed by atoms with Crippen molar-refractivity contribution in [2.24, 2.45) is 0 Å². The maximum absolute atomic E-state index is 12.7. The van der Waals surface area contributed by atoms with Gasteiger partial charge in [0.05, 0.1) is 5.56 Å². The molecule has 4 heteroatoms. The zero-order valence-electron chi connectivity index (χ0n) is 13.6. The third kappa shape index (κ3) is 4.48. The molecule has 0 fully saturated rings. The normalized spacial score (nSPS) is 12.1. The van der Waals surface area contributed by atoms with Crippen molar-refractivity contribution in [1.82, 2.24) is 5.32 Å². The second kappa shape index (κ2) is 7.53. The molecule has 25 heavy (non-hydrogen) atoms. The van der Waals surface area contributed by atoms with Crippen molar-refractivity contribution in [3.63, 3.8) is 0 Å². The summed E-state index contributed by atoms with van der Waals surface area (Å²) in [6.07, 6.45) is -0.775. The predicted molar refractivity (Wildman–Crippen MR) is 96.1 cm³/mol. The average Bonchev–Trinajstić information content (AvgIpc) is 2.61. The fourth-order valence-corrected chi connectivity index (χ4v) is 2.75. The van der Waals surface area contributed by atoms with Crippen LogP contribution in [0.4, 0.5) is 13.2 Å². The van der Waals surface area contributed by atoms with Gasteiger partial charge in [0, 0.05) is 13.1 Å². The maximum Gasteiger partial charge on any atom is 0.416 e. The van der Waals surface area contributed by atoms with E-state index in [1.807, 2.05) is 24.3 Å². The SMILES string of the molecule is FC(F)(F)c1cccc(/C=C/CNCc2cccc3ccccc23)c1. The van der Waals surface area contributed by atoms with Gasteiger partial charge in [-0.15, -0.1) is 0 Å². The van der Waals surface area contributed by atoms with Gasteiger partial charge in [-0.2, -0.15) is 13.2 Å². The lowest BCUT2D eigenvalue weighted by Gasteiger charge is -2.07. The average molecular weight is 341 g/mol. The molecule has 0 atom stereocenters. The first-order valence-electron chi connectivity index (χ1n) is 8.05. The highest BCUT2D eigenvalue weighted by molar-refractivity contribution is 5.85. The van der Waals surface area contributed by atoms with Crippen molar-refractivity contribution in [2.75, 3.05) is 6.54 Å². The Morgan fingerprint density at radius 1 is 0.880 bits per heavy atom. The quantitative estimate of drug-likeness (QED) is 0.590. The van der Waals surface area contributed by atoms with E-state index < -0.39 is 11.7 Å². The summed E-state index contributed by atoms with van der Waals surface area (Å²) in [5, 5.41) is 5.70. The van der Waals surface area contributed by atoms with Crippen LogP contribution in [0.1, 0.15) is 16.7 Å². The molecular formula is C21H18F3N. The van der Waals surface area contributed by atoms with Gasteiger partial charge in [-0.25, -0.2) is 0 Å². The Balaban J connectivity index is 1.59. The first-order valence-corrected chi connectivity index (χ1v) is 8.05. The molecule has 0 unspecified atom stereocenters. The Morgan fingerprint density at radius 3 is 2.48 bits per heavy atom. The van der Waals surface area contributed by atoms with Crippen LogP contribution >= 0.6 is 0 Å². The summed E-state index contributed by atoms with van der Waals surface area (Å²) in [4.78, 5) is 0. The molecule has 3 aromatic rings. The standard InChI is InChI=1S/C21H18F3N/c22-21(23,24)19-11-3-6-16(14-19)7-5-13-25-15-18-10-4-9-17-8-1-2-12-20(17)18/h1-12,14,25H,13,15H2/b7-5+. The van der Waals surface area contributed by atoms with E-state index in [-0.39, 0.29) is 0 Å². The van der Waals surface area contributed by atoms with E-state index in [0.717, 1.165) is 12.1 Å². The molecular weight excluding hydrogens is 323 g/mol. The Hall–Kier alpha value is -2.59. The summed E-state index contributed by atoms with van der Waals surface area (Å²) < 4.78 is 38.1. The molecule has 1 N–H and O–H groups in total. The topological polar surface area (TPSA) is 12.0 Å². The molecule has 0 radical (unpaired) electrons. The number of benzene rings is 3. The van der Waals surface area contributed by atoms with Gasteiger partial charge in [0.1, 0.15) is 0 Å². The van der Waals surface area contributed by atoms with Gasteiger partial charge in [0.15, 0.2) is 0 Å². The molecule has 0 spiro atoms. The van der Waals surface area contributed by atoms with Crippen molar-refractivity contribution in [3.8, 4) is 0 Å². The molecule has 0 saturated carbocycles. The highest BCUT2D eigenvalue weighted by atomic mass is 19.4. The number of hydrogen-bond donors (Lipinski definition) is 1. The van der Waals surface area contributed by atoms with Crippen LogP contribution < -0.4 is 5.32 Å². The molecule has 0 heterocycles. The van der Waals surface area contributed by atoms with Crippen molar-refractivity contribution < 1.29 is 13.2 Å². The van der Waals surface area contributed by atoms with Crippen molar-refractivity contribution in [2.45, 2.75) is 12.7 Å². The zero-order valence-corrected chi connectivity index (χ0v) is 13.6. The zero-order chi connectivity index (χ0) is 17.7. The minimum atomic E-state index is -4.31. The Labute approximate surface area is 144 Å². The van der Waals surface area contributed by atoms with Crippen molar-refractivity contribution in [1.29, 1.82) is 0 Å². The first-order chi connectivity index (χ1) is 12.0. The molecule has 3 rings (SSSR count). The number of fused-ring (bicyclic) bond motifs is 1. The van der Waals surface area contributed by atoms with Crippen LogP contribution in [-0.2, 0) is 12.7 Å². The molecule has 1 nitrogen and oxygen atoms in total. The minimum absolute atomic E-state index is 0.543. The molecule has 0 saturated heterocycles. The highest BCUT2D eigenvalue weighted by Crippen LogP contribution is 2.29. The lowest BCUT2D eigenvalue weighted by atomic mass is 10.0. The van der Waals surface area contributed by atoms with E-state index in [0.29, 0.717) is 18.7 Å². The van der Waals surface area contributed by atoms with E-state index in [9.17, 15) is 13.2 Å². The van der Waals surface area contributed by atoms with Gasteiger partial charge < -0.3 is 5.32 Å². The maximum atomic E-state index is 12.7. The van der Waals surface area contributed by atoms with Crippen LogP contribution in [0.2, 0.25) is 0 Å². The molecule has 0 aromatic heterocycles. The van der Waals surface area contributed by atoms with E-state index >= 15 is 0 Å². The molecule has 3 aromatic carbocycles. The van der Waals surface area contributed by atoms with Crippen LogP contribution in [0.25, 0.3) is 16.8 Å². The van der Waals surface area contributed by atoms with Gasteiger partial charge in [0.2, 0.25) is 0 Å². The van der Waals surface area contributed by atoms with E-state index in [2.05, 4.69) is 29.6 Å². The predicted octanol–water partition coefficient (Wildman–Crippen LogP) is 5.66. The number of hydrogen-bond acceptors (Lipinski definition) is 1. The number of rotatable bonds is 5. The molecule has 0 aliphatic carbocycles. The first kappa shape index (κ1) is 17.2. The Morgan fingerprint density at radius 2 is 1.64 bits per heavy atom. The third-order valence-electron chi connectivity index (χ3n) is 3.98. The van der Waals surface area contributed by atoms with Crippen LogP contribution in [0.5, 0.6) is 0 Å².